The summed E-state index contributed by atoms with van der Waals surface area (Å²) in [6, 6.07) is 0.576. The molecule has 2 nitrogen and oxygen atoms in total. The first kappa shape index (κ1) is 10.9. The first-order chi connectivity index (χ1) is 5.22. The quantitative estimate of drug-likeness (QED) is 0.574. The second-order valence-corrected chi connectivity index (χ2v) is 3.21. The van der Waals surface area contributed by atoms with Crippen molar-refractivity contribution in [2.75, 3.05) is 13.2 Å². The average Bonchev–Trinajstić information content (AvgIpc) is 2.03. The van der Waals surface area contributed by atoms with Crippen LogP contribution in [0.25, 0.3) is 0 Å². The summed E-state index contributed by atoms with van der Waals surface area (Å²) in [4.78, 5) is 0. The van der Waals surface area contributed by atoms with Crippen LogP contribution in [0, 0.1) is 5.92 Å². The Morgan fingerprint density at radius 2 is 2.00 bits per heavy atom. The second kappa shape index (κ2) is 6.62. The summed E-state index contributed by atoms with van der Waals surface area (Å²) >= 11 is 0. The van der Waals surface area contributed by atoms with Crippen molar-refractivity contribution in [1.29, 1.82) is 0 Å². The molecule has 2 atom stereocenters. The summed E-state index contributed by atoms with van der Waals surface area (Å²) in [7, 11) is 0. The topological polar surface area (TPSA) is 32.3 Å². The monoisotopic (exact) mass is 159 g/mol. The standard InChI is InChI=1S/C9H21NO/c1-4-8(2)9(3)10-6-5-7-11/h8-11H,4-7H2,1-3H3/t8-,9-/m0/s1. The molecule has 0 fully saturated rings. The molecular weight excluding hydrogens is 138 g/mol. The fourth-order valence-electron chi connectivity index (χ4n) is 0.964. The fraction of sp³-hybridized carbons (Fsp3) is 1.00. The van der Waals surface area contributed by atoms with Crippen LogP contribution >= 0.6 is 0 Å². The number of aliphatic hydroxyl groups is 1. The van der Waals surface area contributed by atoms with Crippen molar-refractivity contribution in [2.45, 2.75) is 39.7 Å². The number of aliphatic hydroxyl groups excluding tert-OH is 1. The third kappa shape index (κ3) is 5.22. The normalized spacial score (nSPS) is 16.4. The maximum absolute atomic E-state index is 8.53. The van der Waals surface area contributed by atoms with E-state index in [0.29, 0.717) is 12.6 Å². The molecule has 0 amide bonds. The summed E-state index contributed by atoms with van der Waals surface area (Å²) < 4.78 is 0. The first-order valence-corrected chi connectivity index (χ1v) is 4.56. The van der Waals surface area contributed by atoms with Gasteiger partial charge in [0.2, 0.25) is 0 Å². The minimum absolute atomic E-state index is 0.292. The Labute approximate surface area is 70.0 Å². The minimum atomic E-state index is 0.292. The molecule has 0 aromatic rings. The van der Waals surface area contributed by atoms with E-state index in [1.165, 1.54) is 6.42 Å². The molecule has 0 saturated heterocycles. The zero-order chi connectivity index (χ0) is 8.69. The summed E-state index contributed by atoms with van der Waals surface area (Å²) in [5.74, 6) is 0.730. The lowest BCUT2D eigenvalue weighted by Gasteiger charge is -2.19. The highest BCUT2D eigenvalue weighted by Gasteiger charge is 2.07. The third-order valence-corrected chi connectivity index (χ3v) is 2.30. The van der Waals surface area contributed by atoms with Crippen LogP contribution in [0.1, 0.15) is 33.6 Å². The van der Waals surface area contributed by atoms with Crippen LogP contribution in [0.4, 0.5) is 0 Å². The second-order valence-electron chi connectivity index (χ2n) is 3.21. The molecule has 0 aromatic carbocycles. The van der Waals surface area contributed by atoms with E-state index < -0.39 is 0 Å². The first-order valence-electron chi connectivity index (χ1n) is 4.56. The number of nitrogens with one attached hydrogen (secondary N) is 1. The van der Waals surface area contributed by atoms with Gasteiger partial charge in [-0.2, -0.15) is 0 Å². The molecule has 0 unspecified atom stereocenters. The van der Waals surface area contributed by atoms with Gasteiger partial charge in [-0.15, -0.1) is 0 Å². The zero-order valence-corrected chi connectivity index (χ0v) is 7.93. The fourth-order valence-corrected chi connectivity index (χ4v) is 0.964. The molecule has 0 spiro atoms. The molecule has 0 aromatic heterocycles. The van der Waals surface area contributed by atoms with Crippen molar-refractivity contribution < 1.29 is 5.11 Å². The summed E-state index contributed by atoms with van der Waals surface area (Å²) in [5, 5.41) is 11.9. The Hall–Kier alpha value is -0.0800. The average molecular weight is 159 g/mol. The van der Waals surface area contributed by atoms with Crippen LogP contribution in [-0.2, 0) is 0 Å². The van der Waals surface area contributed by atoms with E-state index in [4.69, 9.17) is 5.11 Å². The predicted octanol–water partition coefficient (Wildman–Crippen LogP) is 1.39. The van der Waals surface area contributed by atoms with Crippen molar-refractivity contribution in [2.24, 2.45) is 5.92 Å². The Bertz CT molecular complexity index is 85.6. The lowest BCUT2D eigenvalue weighted by molar-refractivity contribution is 0.278. The third-order valence-electron chi connectivity index (χ3n) is 2.30. The highest BCUT2D eigenvalue weighted by atomic mass is 16.3. The van der Waals surface area contributed by atoms with Gasteiger partial charge in [-0.3, -0.25) is 0 Å². The summed E-state index contributed by atoms with van der Waals surface area (Å²) in [6.07, 6.45) is 2.08. The maximum atomic E-state index is 8.53. The van der Waals surface area contributed by atoms with Gasteiger partial charge in [0.05, 0.1) is 0 Å². The zero-order valence-electron chi connectivity index (χ0n) is 7.93. The van der Waals surface area contributed by atoms with Crippen LogP contribution in [0.3, 0.4) is 0 Å². The van der Waals surface area contributed by atoms with Gasteiger partial charge in [-0.25, -0.2) is 0 Å². The van der Waals surface area contributed by atoms with Crippen molar-refractivity contribution in [3.8, 4) is 0 Å². The van der Waals surface area contributed by atoms with Crippen LogP contribution in [0.5, 0.6) is 0 Å². The number of hydrogen-bond acceptors (Lipinski definition) is 2. The van der Waals surface area contributed by atoms with E-state index >= 15 is 0 Å². The van der Waals surface area contributed by atoms with Gasteiger partial charge >= 0.3 is 0 Å². The van der Waals surface area contributed by atoms with Gasteiger partial charge in [0.1, 0.15) is 0 Å². The minimum Gasteiger partial charge on any atom is -0.396 e. The molecule has 0 heterocycles. The van der Waals surface area contributed by atoms with Gasteiger partial charge in [0.15, 0.2) is 0 Å². The highest BCUT2D eigenvalue weighted by molar-refractivity contribution is 4.66. The van der Waals surface area contributed by atoms with Gasteiger partial charge in [0.25, 0.3) is 0 Å². The van der Waals surface area contributed by atoms with E-state index in [2.05, 4.69) is 26.1 Å². The van der Waals surface area contributed by atoms with Crippen molar-refractivity contribution in [3.63, 3.8) is 0 Å². The highest BCUT2D eigenvalue weighted by Crippen LogP contribution is 2.05. The maximum Gasteiger partial charge on any atom is 0.0443 e. The molecule has 0 rings (SSSR count). The lowest BCUT2D eigenvalue weighted by atomic mass is 10.0. The van der Waals surface area contributed by atoms with Crippen LogP contribution in [-0.4, -0.2) is 24.3 Å². The SMILES string of the molecule is CC[C@H](C)[C@H](C)NCCCO. The largest absolute Gasteiger partial charge is 0.396 e. The summed E-state index contributed by atoms with van der Waals surface area (Å²) in [6.45, 7) is 7.87. The van der Waals surface area contributed by atoms with E-state index in [0.717, 1.165) is 18.9 Å². The van der Waals surface area contributed by atoms with E-state index in [1.54, 1.807) is 0 Å². The van der Waals surface area contributed by atoms with Crippen LogP contribution in [0.2, 0.25) is 0 Å². The lowest BCUT2D eigenvalue weighted by Crippen LogP contribution is -2.32. The van der Waals surface area contributed by atoms with Crippen molar-refractivity contribution >= 4 is 0 Å². The molecule has 0 bridgehead atoms. The molecule has 0 aliphatic carbocycles. The van der Waals surface area contributed by atoms with Crippen LogP contribution < -0.4 is 5.32 Å². The molecule has 2 N–H and O–H groups in total. The molecule has 0 radical (unpaired) electrons. The summed E-state index contributed by atoms with van der Waals surface area (Å²) in [5.41, 5.74) is 0. The Morgan fingerprint density at radius 3 is 2.45 bits per heavy atom. The molecule has 68 valence electrons. The molecule has 0 saturated carbocycles. The molecule has 0 aliphatic rings. The van der Waals surface area contributed by atoms with Crippen LogP contribution in [0.15, 0.2) is 0 Å². The molecule has 2 heteroatoms. The van der Waals surface area contributed by atoms with Gasteiger partial charge in [-0.05, 0) is 25.8 Å². The molecule has 0 aliphatic heterocycles. The Morgan fingerprint density at radius 1 is 1.36 bits per heavy atom. The number of hydrogen-bond donors (Lipinski definition) is 2. The van der Waals surface area contributed by atoms with Crippen molar-refractivity contribution in [3.05, 3.63) is 0 Å². The Balaban J connectivity index is 3.28. The van der Waals surface area contributed by atoms with Gasteiger partial charge in [-0.1, -0.05) is 20.3 Å². The smallest absolute Gasteiger partial charge is 0.0443 e. The predicted molar refractivity (Wildman–Crippen MR) is 48.6 cm³/mol. The number of rotatable bonds is 6. The van der Waals surface area contributed by atoms with Gasteiger partial charge < -0.3 is 10.4 Å². The molecular formula is C9H21NO. The molecule has 11 heavy (non-hydrogen) atoms. The van der Waals surface area contributed by atoms with Gasteiger partial charge in [0, 0.05) is 12.6 Å². The van der Waals surface area contributed by atoms with E-state index in [9.17, 15) is 0 Å². The van der Waals surface area contributed by atoms with Crippen molar-refractivity contribution in [1.82, 2.24) is 5.32 Å². The van der Waals surface area contributed by atoms with E-state index in [-0.39, 0.29) is 0 Å². The van der Waals surface area contributed by atoms with E-state index in [1.807, 2.05) is 0 Å². The Kier molecular flexibility index (Phi) is 6.57.